The number of rotatable bonds is 3. The van der Waals surface area contributed by atoms with Crippen LogP contribution in [0.1, 0.15) is 39.0 Å². The van der Waals surface area contributed by atoms with Crippen LogP contribution in [0.15, 0.2) is 0 Å². The quantitative estimate of drug-likeness (QED) is 0.700. The predicted octanol–water partition coefficient (Wildman–Crippen LogP) is 2.90. The number of nitriles is 1. The lowest BCUT2D eigenvalue weighted by Gasteiger charge is -2.57. The van der Waals surface area contributed by atoms with Crippen LogP contribution in [0.5, 0.6) is 0 Å². The molecule has 0 amide bonds. The molecule has 17 heavy (non-hydrogen) atoms. The third-order valence-corrected chi connectivity index (χ3v) is 5.87. The van der Waals surface area contributed by atoms with Gasteiger partial charge < -0.3 is 0 Å². The fourth-order valence-electron chi connectivity index (χ4n) is 5.30. The standard InChI is InChI=1S/C15H24N2/c1-10(17(2)4-3-16)15-13-6-11-5-12(8-13)9-14(15)7-11/h10-15H,4-9H2,1-2H3. The van der Waals surface area contributed by atoms with Crippen LogP contribution in [-0.2, 0) is 0 Å². The summed E-state index contributed by atoms with van der Waals surface area (Å²) in [6.45, 7) is 2.94. The SMILES string of the molecule is CC(C1C2CC3CC(C2)CC1C3)N(C)CC#N. The van der Waals surface area contributed by atoms with Crippen molar-refractivity contribution in [3.05, 3.63) is 0 Å². The average molecular weight is 232 g/mol. The van der Waals surface area contributed by atoms with Crippen molar-refractivity contribution in [1.29, 1.82) is 5.26 Å². The highest BCUT2D eigenvalue weighted by Gasteiger charge is 2.50. The summed E-state index contributed by atoms with van der Waals surface area (Å²) in [4.78, 5) is 2.27. The van der Waals surface area contributed by atoms with Crippen molar-refractivity contribution in [2.24, 2.45) is 29.6 Å². The molecule has 4 rings (SSSR count). The first-order valence-electron chi connectivity index (χ1n) is 7.26. The first-order chi connectivity index (χ1) is 8.19. The number of nitrogens with zero attached hydrogens (tertiary/aromatic N) is 2. The van der Waals surface area contributed by atoms with E-state index >= 15 is 0 Å². The molecule has 4 bridgehead atoms. The molecule has 1 atom stereocenters. The third-order valence-electron chi connectivity index (χ3n) is 5.87. The zero-order chi connectivity index (χ0) is 12.0. The Kier molecular flexibility index (Phi) is 2.91. The number of hydrogen-bond acceptors (Lipinski definition) is 2. The van der Waals surface area contributed by atoms with Gasteiger partial charge in [-0.3, -0.25) is 4.90 Å². The molecule has 2 heteroatoms. The second-order valence-electron chi connectivity index (χ2n) is 6.82. The van der Waals surface area contributed by atoms with Gasteiger partial charge in [0.05, 0.1) is 12.6 Å². The predicted molar refractivity (Wildman–Crippen MR) is 68.2 cm³/mol. The second kappa shape index (κ2) is 4.28. The fourth-order valence-corrected chi connectivity index (χ4v) is 5.30. The van der Waals surface area contributed by atoms with Crippen molar-refractivity contribution in [3.63, 3.8) is 0 Å². The van der Waals surface area contributed by atoms with E-state index in [4.69, 9.17) is 5.26 Å². The molecule has 4 fully saturated rings. The lowest BCUT2D eigenvalue weighted by molar-refractivity contribution is -0.0652. The molecular formula is C15H24N2. The highest BCUT2D eigenvalue weighted by atomic mass is 15.1. The first-order valence-corrected chi connectivity index (χ1v) is 7.26. The van der Waals surface area contributed by atoms with Gasteiger partial charge in [0.15, 0.2) is 0 Å². The van der Waals surface area contributed by atoms with Gasteiger partial charge in [0.25, 0.3) is 0 Å². The highest BCUT2D eigenvalue weighted by molar-refractivity contribution is 5.01. The highest BCUT2D eigenvalue weighted by Crippen LogP contribution is 2.57. The van der Waals surface area contributed by atoms with Crippen molar-refractivity contribution in [1.82, 2.24) is 4.90 Å². The van der Waals surface area contributed by atoms with E-state index in [9.17, 15) is 0 Å². The van der Waals surface area contributed by atoms with Gasteiger partial charge in [0.2, 0.25) is 0 Å². The van der Waals surface area contributed by atoms with E-state index in [0.717, 1.165) is 29.6 Å². The van der Waals surface area contributed by atoms with Crippen molar-refractivity contribution in [3.8, 4) is 6.07 Å². The third kappa shape index (κ3) is 1.89. The van der Waals surface area contributed by atoms with Crippen LogP contribution < -0.4 is 0 Å². The first kappa shape index (κ1) is 11.5. The monoisotopic (exact) mass is 232 g/mol. The molecule has 0 saturated heterocycles. The van der Waals surface area contributed by atoms with Gasteiger partial charge in [-0.05, 0) is 75.7 Å². The molecule has 0 heterocycles. The largest absolute Gasteiger partial charge is 0.291 e. The van der Waals surface area contributed by atoms with E-state index in [1.54, 1.807) is 0 Å². The van der Waals surface area contributed by atoms with Crippen LogP contribution >= 0.6 is 0 Å². The Bertz CT molecular complexity index is 302. The van der Waals surface area contributed by atoms with Crippen molar-refractivity contribution in [2.75, 3.05) is 13.6 Å². The maximum atomic E-state index is 8.84. The van der Waals surface area contributed by atoms with E-state index < -0.39 is 0 Å². The van der Waals surface area contributed by atoms with E-state index in [1.165, 1.54) is 32.1 Å². The molecule has 0 aliphatic heterocycles. The fraction of sp³-hybridized carbons (Fsp3) is 0.933. The van der Waals surface area contributed by atoms with Crippen molar-refractivity contribution in [2.45, 2.75) is 45.1 Å². The lowest BCUT2D eigenvalue weighted by atomic mass is 9.50. The molecule has 1 unspecified atom stereocenters. The molecule has 0 spiro atoms. The molecule has 2 nitrogen and oxygen atoms in total. The van der Waals surface area contributed by atoms with Crippen LogP contribution in [-0.4, -0.2) is 24.5 Å². The Hall–Kier alpha value is -0.550. The van der Waals surface area contributed by atoms with E-state index in [2.05, 4.69) is 24.9 Å². The molecule has 4 saturated carbocycles. The normalized spacial score (nSPS) is 44.9. The Labute approximate surface area is 105 Å². The number of hydrogen-bond donors (Lipinski definition) is 0. The Morgan fingerprint density at radius 1 is 1.12 bits per heavy atom. The van der Waals surface area contributed by atoms with Gasteiger partial charge >= 0.3 is 0 Å². The van der Waals surface area contributed by atoms with Gasteiger partial charge in [-0.2, -0.15) is 5.26 Å². The summed E-state index contributed by atoms with van der Waals surface area (Å²) in [7, 11) is 2.12. The van der Waals surface area contributed by atoms with Gasteiger partial charge in [0, 0.05) is 6.04 Å². The Balaban J connectivity index is 1.73. The van der Waals surface area contributed by atoms with Crippen molar-refractivity contribution < 1.29 is 0 Å². The van der Waals surface area contributed by atoms with Gasteiger partial charge in [-0.25, -0.2) is 0 Å². The lowest BCUT2D eigenvalue weighted by Crippen LogP contribution is -2.52. The molecule has 94 valence electrons. The molecule has 4 aliphatic carbocycles. The van der Waals surface area contributed by atoms with Gasteiger partial charge in [-0.15, -0.1) is 0 Å². The van der Waals surface area contributed by atoms with Crippen LogP contribution in [0, 0.1) is 40.9 Å². The Morgan fingerprint density at radius 3 is 2.12 bits per heavy atom. The minimum Gasteiger partial charge on any atom is -0.291 e. The molecule has 0 aromatic carbocycles. The summed E-state index contributed by atoms with van der Waals surface area (Å²) >= 11 is 0. The molecule has 0 aromatic heterocycles. The maximum absolute atomic E-state index is 8.84. The smallest absolute Gasteiger partial charge is 0.0865 e. The summed E-state index contributed by atoms with van der Waals surface area (Å²) in [6, 6.07) is 2.90. The van der Waals surface area contributed by atoms with E-state index in [-0.39, 0.29) is 0 Å². The van der Waals surface area contributed by atoms with Crippen LogP contribution in [0.2, 0.25) is 0 Å². The minimum atomic E-state index is 0.587. The zero-order valence-electron chi connectivity index (χ0n) is 11.1. The summed E-state index contributed by atoms with van der Waals surface area (Å²) in [6.07, 6.45) is 7.48. The summed E-state index contributed by atoms with van der Waals surface area (Å²) in [5.74, 6) is 4.94. The molecule has 0 N–H and O–H groups in total. The maximum Gasteiger partial charge on any atom is 0.0865 e. The van der Waals surface area contributed by atoms with Crippen LogP contribution in [0.3, 0.4) is 0 Å². The van der Waals surface area contributed by atoms with Crippen LogP contribution in [0.25, 0.3) is 0 Å². The molecule has 4 aliphatic rings. The topological polar surface area (TPSA) is 27.0 Å². The Morgan fingerprint density at radius 2 is 1.65 bits per heavy atom. The summed E-state index contributed by atoms with van der Waals surface area (Å²) < 4.78 is 0. The summed E-state index contributed by atoms with van der Waals surface area (Å²) in [5, 5.41) is 8.84. The minimum absolute atomic E-state index is 0.587. The van der Waals surface area contributed by atoms with Gasteiger partial charge in [-0.1, -0.05) is 0 Å². The summed E-state index contributed by atoms with van der Waals surface area (Å²) in [5.41, 5.74) is 0. The zero-order valence-corrected chi connectivity index (χ0v) is 11.1. The molecule has 0 radical (unpaired) electrons. The van der Waals surface area contributed by atoms with E-state index in [1.807, 2.05) is 0 Å². The molecule has 0 aromatic rings. The molecular weight excluding hydrogens is 208 g/mol. The van der Waals surface area contributed by atoms with Crippen LogP contribution in [0.4, 0.5) is 0 Å². The van der Waals surface area contributed by atoms with E-state index in [0.29, 0.717) is 12.6 Å². The average Bonchev–Trinajstić information content (AvgIpc) is 2.27. The van der Waals surface area contributed by atoms with Crippen molar-refractivity contribution >= 4 is 0 Å². The second-order valence-corrected chi connectivity index (χ2v) is 6.82. The van der Waals surface area contributed by atoms with Gasteiger partial charge in [0.1, 0.15) is 0 Å².